The molecule has 3 rings (SSSR count). The van der Waals surface area contributed by atoms with Crippen molar-refractivity contribution in [3.63, 3.8) is 0 Å². The summed E-state index contributed by atoms with van der Waals surface area (Å²) in [5, 5.41) is 0. The lowest BCUT2D eigenvalue weighted by Crippen LogP contribution is -2.44. The van der Waals surface area contributed by atoms with Crippen molar-refractivity contribution in [2.75, 3.05) is 32.8 Å². The number of benzene rings is 2. The quantitative estimate of drug-likeness (QED) is 0.803. The summed E-state index contributed by atoms with van der Waals surface area (Å²) in [6.45, 7) is 2.87. The number of nitrogens with one attached hydrogen (secondary N) is 1. The molecule has 1 heterocycles. The summed E-state index contributed by atoms with van der Waals surface area (Å²) in [6, 6.07) is 15.1. The van der Waals surface area contributed by atoms with Gasteiger partial charge in [-0.05, 0) is 23.3 Å². The molecule has 7 heteroatoms. The van der Waals surface area contributed by atoms with E-state index in [1.165, 1.54) is 12.1 Å². The van der Waals surface area contributed by atoms with E-state index in [0.29, 0.717) is 26.3 Å². The first kappa shape index (κ1) is 19.0. The molecule has 1 aliphatic rings. The van der Waals surface area contributed by atoms with Crippen molar-refractivity contribution in [3.8, 4) is 0 Å². The first-order valence-electron chi connectivity index (χ1n) is 8.62. The van der Waals surface area contributed by atoms with E-state index in [1.54, 1.807) is 24.3 Å². The predicted octanol–water partition coefficient (Wildman–Crippen LogP) is 2.32. The summed E-state index contributed by atoms with van der Waals surface area (Å²) >= 11 is 0. The molecule has 26 heavy (non-hydrogen) atoms. The smallest absolute Gasteiger partial charge is 0.215 e. The molecule has 1 saturated heterocycles. The molecule has 0 aliphatic carbocycles. The SMILES string of the molecule is O=S(=O)(Cc1ccccc1)NCC(c1ccc(F)cc1)N1CCOCC1. The van der Waals surface area contributed by atoms with Crippen LogP contribution in [0.25, 0.3) is 0 Å². The van der Waals surface area contributed by atoms with Gasteiger partial charge in [-0.2, -0.15) is 0 Å². The number of hydrogen-bond acceptors (Lipinski definition) is 4. The Morgan fingerprint density at radius 1 is 1.04 bits per heavy atom. The fourth-order valence-electron chi connectivity index (χ4n) is 3.08. The van der Waals surface area contributed by atoms with Crippen LogP contribution in [0.3, 0.4) is 0 Å². The maximum absolute atomic E-state index is 13.3. The van der Waals surface area contributed by atoms with E-state index in [-0.39, 0.29) is 24.2 Å². The van der Waals surface area contributed by atoms with Crippen molar-refractivity contribution in [2.24, 2.45) is 0 Å². The minimum absolute atomic E-state index is 0.0624. The Morgan fingerprint density at radius 2 is 1.69 bits per heavy atom. The van der Waals surface area contributed by atoms with Gasteiger partial charge in [0.1, 0.15) is 5.82 Å². The van der Waals surface area contributed by atoms with Crippen molar-refractivity contribution < 1.29 is 17.5 Å². The number of ether oxygens (including phenoxy) is 1. The van der Waals surface area contributed by atoms with E-state index >= 15 is 0 Å². The van der Waals surface area contributed by atoms with Crippen LogP contribution < -0.4 is 4.72 Å². The standard InChI is InChI=1S/C19H23FN2O3S/c20-18-8-6-17(7-9-18)19(22-10-12-25-13-11-22)14-21-26(23,24)15-16-4-2-1-3-5-16/h1-9,19,21H,10-15H2. The predicted molar refractivity (Wildman–Crippen MR) is 98.6 cm³/mol. The number of sulfonamides is 1. The molecule has 1 atom stereocenters. The Hall–Kier alpha value is -1.80. The van der Waals surface area contributed by atoms with Gasteiger partial charge in [-0.15, -0.1) is 0 Å². The minimum Gasteiger partial charge on any atom is -0.379 e. The fourth-order valence-corrected chi connectivity index (χ4v) is 4.23. The molecule has 0 radical (unpaired) electrons. The third kappa shape index (κ3) is 5.35. The Kier molecular flexibility index (Phi) is 6.37. The Balaban J connectivity index is 1.71. The molecule has 2 aromatic carbocycles. The second-order valence-corrected chi connectivity index (χ2v) is 8.12. The number of halogens is 1. The van der Waals surface area contributed by atoms with Gasteiger partial charge in [-0.3, -0.25) is 4.90 Å². The lowest BCUT2D eigenvalue weighted by molar-refractivity contribution is 0.0172. The van der Waals surface area contributed by atoms with E-state index in [4.69, 9.17) is 4.74 Å². The Bertz CT molecular complexity index is 791. The first-order chi connectivity index (χ1) is 12.5. The molecule has 0 aromatic heterocycles. The average molecular weight is 378 g/mol. The van der Waals surface area contributed by atoms with Gasteiger partial charge >= 0.3 is 0 Å². The zero-order valence-corrected chi connectivity index (χ0v) is 15.3. The van der Waals surface area contributed by atoms with Crippen LogP contribution in [0.5, 0.6) is 0 Å². The van der Waals surface area contributed by atoms with Crippen molar-refractivity contribution in [3.05, 3.63) is 71.5 Å². The fraction of sp³-hybridized carbons (Fsp3) is 0.368. The lowest BCUT2D eigenvalue weighted by atomic mass is 10.0. The van der Waals surface area contributed by atoms with Crippen molar-refractivity contribution in [1.29, 1.82) is 0 Å². The van der Waals surface area contributed by atoms with E-state index < -0.39 is 10.0 Å². The zero-order valence-electron chi connectivity index (χ0n) is 14.5. The largest absolute Gasteiger partial charge is 0.379 e. The normalized spacial score (nSPS) is 17.1. The lowest BCUT2D eigenvalue weighted by Gasteiger charge is -2.34. The summed E-state index contributed by atoms with van der Waals surface area (Å²) in [4.78, 5) is 2.17. The molecular weight excluding hydrogens is 355 g/mol. The van der Waals surface area contributed by atoms with Crippen LogP contribution in [0.15, 0.2) is 54.6 Å². The average Bonchev–Trinajstić information content (AvgIpc) is 2.64. The monoisotopic (exact) mass is 378 g/mol. The number of morpholine rings is 1. The maximum atomic E-state index is 13.3. The van der Waals surface area contributed by atoms with Crippen LogP contribution in [0, 0.1) is 5.82 Å². The zero-order chi connectivity index (χ0) is 18.4. The minimum atomic E-state index is -3.47. The molecule has 0 saturated carbocycles. The summed E-state index contributed by atoms with van der Waals surface area (Å²) < 4.78 is 46.3. The van der Waals surface area contributed by atoms with Crippen LogP contribution in [0.4, 0.5) is 4.39 Å². The molecule has 1 aliphatic heterocycles. The third-order valence-electron chi connectivity index (χ3n) is 4.44. The van der Waals surface area contributed by atoms with Gasteiger partial charge in [0.25, 0.3) is 0 Å². The number of rotatable bonds is 7. The van der Waals surface area contributed by atoms with Gasteiger partial charge < -0.3 is 4.74 Å². The molecule has 2 aromatic rings. The Morgan fingerprint density at radius 3 is 2.35 bits per heavy atom. The highest BCUT2D eigenvalue weighted by atomic mass is 32.2. The van der Waals surface area contributed by atoms with Gasteiger partial charge in [0.2, 0.25) is 10.0 Å². The summed E-state index contributed by atoms with van der Waals surface area (Å²) in [5.41, 5.74) is 1.63. The molecule has 0 spiro atoms. The molecule has 0 amide bonds. The third-order valence-corrected chi connectivity index (χ3v) is 5.76. The second kappa shape index (κ2) is 8.73. The molecule has 1 fully saturated rings. The molecular formula is C19H23FN2O3S. The van der Waals surface area contributed by atoms with Crippen LogP contribution in [-0.2, 0) is 20.5 Å². The summed E-state index contributed by atoms with van der Waals surface area (Å²) in [7, 11) is -3.47. The van der Waals surface area contributed by atoms with Crippen molar-refractivity contribution in [2.45, 2.75) is 11.8 Å². The molecule has 1 unspecified atom stereocenters. The van der Waals surface area contributed by atoms with Gasteiger partial charge in [0.05, 0.1) is 19.0 Å². The van der Waals surface area contributed by atoms with Crippen LogP contribution in [0.1, 0.15) is 17.2 Å². The number of hydrogen-bond donors (Lipinski definition) is 1. The molecule has 140 valence electrons. The van der Waals surface area contributed by atoms with E-state index in [2.05, 4.69) is 9.62 Å². The van der Waals surface area contributed by atoms with Crippen LogP contribution in [-0.4, -0.2) is 46.2 Å². The highest BCUT2D eigenvalue weighted by Crippen LogP contribution is 2.22. The van der Waals surface area contributed by atoms with Gasteiger partial charge in [0, 0.05) is 25.7 Å². The molecule has 0 bridgehead atoms. The van der Waals surface area contributed by atoms with Crippen LogP contribution in [0.2, 0.25) is 0 Å². The van der Waals surface area contributed by atoms with Gasteiger partial charge in [0.15, 0.2) is 0 Å². The summed E-state index contributed by atoms with van der Waals surface area (Å²) in [5.74, 6) is -0.369. The maximum Gasteiger partial charge on any atom is 0.215 e. The highest BCUT2D eigenvalue weighted by molar-refractivity contribution is 7.88. The highest BCUT2D eigenvalue weighted by Gasteiger charge is 2.24. The number of nitrogens with zero attached hydrogens (tertiary/aromatic N) is 1. The summed E-state index contributed by atoms with van der Waals surface area (Å²) in [6.07, 6.45) is 0. The molecule has 5 nitrogen and oxygen atoms in total. The van der Waals surface area contributed by atoms with E-state index in [1.807, 2.05) is 18.2 Å². The second-order valence-electron chi connectivity index (χ2n) is 6.31. The van der Waals surface area contributed by atoms with Gasteiger partial charge in [-0.25, -0.2) is 17.5 Å². The van der Waals surface area contributed by atoms with Crippen LogP contribution >= 0.6 is 0 Å². The van der Waals surface area contributed by atoms with Crippen molar-refractivity contribution in [1.82, 2.24) is 9.62 Å². The Labute approximate surface area is 153 Å². The van der Waals surface area contributed by atoms with Gasteiger partial charge in [-0.1, -0.05) is 42.5 Å². The molecule has 1 N–H and O–H groups in total. The topological polar surface area (TPSA) is 58.6 Å². The van der Waals surface area contributed by atoms with E-state index in [0.717, 1.165) is 11.1 Å². The first-order valence-corrected chi connectivity index (χ1v) is 10.3. The van der Waals surface area contributed by atoms with Crippen molar-refractivity contribution >= 4 is 10.0 Å². The van der Waals surface area contributed by atoms with E-state index in [9.17, 15) is 12.8 Å².